The molecule has 1 aliphatic rings. The van der Waals surface area contributed by atoms with Crippen LogP contribution in [-0.4, -0.2) is 31.4 Å². The van der Waals surface area contributed by atoms with Crippen LogP contribution >= 0.6 is 0 Å². The van der Waals surface area contributed by atoms with Gasteiger partial charge in [0.05, 0.1) is 5.60 Å². The van der Waals surface area contributed by atoms with Crippen molar-refractivity contribution in [1.82, 2.24) is 14.5 Å². The molecule has 3 aromatic heterocycles. The summed E-state index contributed by atoms with van der Waals surface area (Å²) >= 11 is 0. The lowest BCUT2D eigenvalue weighted by atomic mass is 9.63. The number of fused-ring (bicyclic) bond motifs is 1. The first-order valence-electron chi connectivity index (χ1n) is 10.6. The highest BCUT2D eigenvalue weighted by Crippen LogP contribution is 2.47. The first-order valence-corrected chi connectivity index (χ1v) is 10.6. The molecular weight excluding hydrogens is 449 g/mol. The van der Waals surface area contributed by atoms with Gasteiger partial charge >= 0.3 is 6.18 Å². The van der Waals surface area contributed by atoms with E-state index >= 15 is 0 Å². The monoisotopic (exact) mass is 470 g/mol. The van der Waals surface area contributed by atoms with E-state index < -0.39 is 29.4 Å². The van der Waals surface area contributed by atoms with Crippen molar-refractivity contribution in [3.63, 3.8) is 0 Å². The molecule has 0 bridgehead atoms. The van der Waals surface area contributed by atoms with E-state index in [2.05, 4.69) is 9.97 Å². The fourth-order valence-corrected chi connectivity index (χ4v) is 4.79. The van der Waals surface area contributed by atoms with Gasteiger partial charge in [0, 0.05) is 29.1 Å². The van der Waals surface area contributed by atoms with Crippen LogP contribution in [0.1, 0.15) is 25.3 Å². The predicted octanol–water partition coefficient (Wildman–Crippen LogP) is 3.98. The second kappa shape index (κ2) is 7.51. The number of nitrogens with zero attached hydrogens (tertiary/aromatic N) is 3. The fraction of sp³-hybridized carbons (Fsp3) is 0.292. The molecule has 0 radical (unpaired) electrons. The minimum Gasteiger partial charge on any atom is -0.437 e. The minimum atomic E-state index is -4.58. The van der Waals surface area contributed by atoms with Crippen molar-refractivity contribution in [3.05, 3.63) is 71.0 Å². The zero-order valence-corrected chi connectivity index (χ0v) is 18.1. The summed E-state index contributed by atoms with van der Waals surface area (Å²) in [5, 5.41) is 10.1. The van der Waals surface area contributed by atoms with E-state index in [1.165, 1.54) is 12.4 Å². The number of alkyl halides is 3. The van der Waals surface area contributed by atoms with Crippen LogP contribution in [0.4, 0.5) is 13.2 Å². The van der Waals surface area contributed by atoms with Crippen LogP contribution in [0.25, 0.3) is 33.6 Å². The number of benzene rings is 1. The molecule has 1 aliphatic carbocycles. The SMILES string of the molecule is C[C@]1(O)C[C@@](N)(c2ccc(-c3oc4ncn(CC(F)(F)F)c(=O)c4c3-c3ccncc3)cc2)C1. The Morgan fingerprint density at radius 3 is 2.35 bits per heavy atom. The van der Waals surface area contributed by atoms with E-state index in [1.807, 2.05) is 12.1 Å². The van der Waals surface area contributed by atoms with Gasteiger partial charge in [-0.3, -0.25) is 14.3 Å². The summed E-state index contributed by atoms with van der Waals surface area (Å²) in [5.41, 5.74) is 6.41. The number of rotatable bonds is 4. The molecule has 0 saturated heterocycles. The van der Waals surface area contributed by atoms with Crippen LogP contribution in [0.2, 0.25) is 0 Å². The van der Waals surface area contributed by atoms with Gasteiger partial charge in [0.2, 0.25) is 5.71 Å². The van der Waals surface area contributed by atoms with Crippen LogP contribution in [0.15, 0.2) is 64.3 Å². The number of hydrogen-bond donors (Lipinski definition) is 2. The first kappa shape index (κ1) is 22.3. The Hall–Kier alpha value is -3.50. The Kier molecular flexibility index (Phi) is 4.92. The summed E-state index contributed by atoms with van der Waals surface area (Å²) in [6.07, 6.45) is 0.150. The molecule has 3 heterocycles. The second-order valence-electron chi connectivity index (χ2n) is 9.10. The average Bonchev–Trinajstić information content (AvgIpc) is 3.14. The molecule has 1 aromatic carbocycles. The maximum Gasteiger partial charge on any atom is 0.406 e. The van der Waals surface area contributed by atoms with E-state index in [1.54, 1.807) is 31.2 Å². The number of furan rings is 1. The van der Waals surface area contributed by atoms with Crippen molar-refractivity contribution in [2.45, 2.75) is 43.6 Å². The summed E-state index contributed by atoms with van der Waals surface area (Å²) in [4.78, 5) is 21.0. The molecule has 0 spiro atoms. The number of nitrogens with two attached hydrogens (primary N) is 1. The molecule has 0 amide bonds. The van der Waals surface area contributed by atoms with Crippen LogP contribution in [0.5, 0.6) is 0 Å². The normalized spacial score (nSPS) is 22.6. The molecular formula is C24H21F3N4O3. The zero-order valence-electron chi connectivity index (χ0n) is 18.1. The van der Waals surface area contributed by atoms with Gasteiger partial charge in [0.25, 0.3) is 5.56 Å². The third kappa shape index (κ3) is 3.88. The van der Waals surface area contributed by atoms with Crippen molar-refractivity contribution < 1.29 is 22.7 Å². The van der Waals surface area contributed by atoms with E-state index in [4.69, 9.17) is 10.2 Å². The van der Waals surface area contributed by atoms with Gasteiger partial charge in [0.1, 0.15) is 24.0 Å². The highest BCUT2D eigenvalue weighted by molar-refractivity contribution is 5.99. The van der Waals surface area contributed by atoms with Gasteiger partial charge in [-0.15, -0.1) is 0 Å². The Labute approximate surface area is 191 Å². The Morgan fingerprint density at radius 2 is 1.76 bits per heavy atom. The number of hydrogen-bond acceptors (Lipinski definition) is 6. The molecule has 0 aliphatic heterocycles. The molecule has 10 heteroatoms. The standard InChI is InChI=1S/C24H21F3N4O3/c1-22(33)10-23(28,11-22)16-4-2-15(3-5-16)19-17(14-6-8-29-9-7-14)18-20(34-19)30-13-31(21(18)32)12-24(25,26)27/h2-9,13,33H,10-12,28H2,1H3/t22-,23-. The lowest BCUT2D eigenvalue weighted by molar-refractivity contribution is -0.141. The van der Waals surface area contributed by atoms with Crippen molar-refractivity contribution in [1.29, 1.82) is 0 Å². The lowest BCUT2D eigenvalue weighted by Crippen LogP contribution is -2.58. The van der Waals surface area contributed by atoms with Crippen LogP contribution < -0.4 is 11.3 Å². The second-order valence-corrected chi connectivity index (χ2v) is 9.10. The van der Waals surface area contributed by atoms with Gasteiger partial charge in [-0.25, -0.2) is 4.98 Å². The van der Waals surface area contributed by atoms with Gasteiger partial charge in [-0.05, 0) is 43.0 Å². The van der Waals surface area contributed by atoms with Crippen molar-refractivity contribution in [3.8, 4) is 22.5 Å². The van der Waals surface area contributed by atoms with Crippen molar-refractivity contribution in [2.24, 2.45) is 5.73 Å². The first-order chi connectivity index (χ1) is 16.0. The van der Waals surface area contributed by atoms with Gasteiger partial charge in [-0.1, -0.05) is 24.3 Å². The van der Waals surface area contributed by atoms with Crippen LogP contribution in [0, 0.1) is 0 Å². The van der Waals surface area contributed by atoms with Crippen molar-refractivity contribution >= 4 is 11.1 Å². The largest absolute Gasteiger partial charge is 0.437 e. The number of pyridine rings is 1. The molecule has 7 nitrogen and oxygen atoms in total. The van der Waals surface area contributed by atoms with Crippen LogP contribution in [-0.2, 0) is 12.1 Å². The summed E-state index contributed by atoms with van der Waals surface area (Å²) in [6.45, 7) is 0.280. The maximum atomic E-state index is 13.0. The maximum absolute atomic E-state index is 13.0. The summed E-state index contributed by atoms with van der Waals surface area (Å²) in [7, 11) is 0. The molecule has 0 atom stereocenters. The number of aromatic nitrogens is 3. The third-order valence-corrected chi connectivity index (χ3v) is 6.11. The highest BCUT2D eigenvalue weighted by atomic mass is 19.4. The topological polar surface area (TPSA) is 107 Å². The van der Waals surface area contributed by atoms with E-state index in [0.29, 0.717) is 39.9 Å². The summed E-state index contributed by atoms with van der Waals surface area (Å²) in [6, 6.07) is 10.5. The molecule has 34 heavy (non-hydrogen) atoms. The van der Waals surface area contributed by atoms with Crippen molar-refractivity contribution in [2.75, 3.05) is 0 Å². The summed E-state index contributed by atoms with van der Waals surface area (Å²) < 4.78 is 45.4. The molecule has 5 rings (SSSR count). The molecule has 0 unspecified atom stereocenters. The third-order valence-electron chi connectivity index (χ3n) is 6.11. The molecule has 176 valence electrons. The summed E-state index contributed by atoms with van der Waals surface area (Å²) in [5.74, 6) is 0.300. The van der Waals surface area contributed by atoms with Crippen LogP contribution in [0.3, 0.4) is 0 Å². The van der Waals surface area contributed by atoms with Gasteiger partial charge in [0.15, 0.2) is 0 Å². The lowest BCUT2D eigenvalue weighted by Gasteiger charge is -2.49. The van der Waals surface area contributed by atoms with Gasteiger partial charge < -0.3 is 15.3 Å². The van der Waals surface area contributed by atoms with E-state index in [9.17, 15) is 23.1 Å². The highest BCUT2D eigenvalue weighted by Gasteiger charge is 2.49. The zero-order chi connectivity index (χ0) is 24.3. The van der Waals surface area contributed by atoms with Gasteiger partial charge in [-0.2, -0.15) is 13.2 Å². The minimum absolute atomic E-state index is 0.0395. The molecule has 3 N–H and O–H groups in total. The molecule has 4 aromatic rings. The Bertz CT molecular complexity index is 1420. The quantitative estimate of drug-likeness (QED) is 0.467. The van der Waals surface area contributed by atoms with E-state index in [0.717, 1.165) is 11.9 Å². The molecule has 1 saturated carbocycles. The smallest absolute Gasteiger partial charge is 0.406 e. The Morgan fingerprint density at radius 1 is 1.12 bits per heavy atom. The average molecular weight is 470 g/mol. The number of aliphatic hydroxyl groups is 1. The van der Waals surface area contributed by atoms with E-state index in [-0.39, 0.29) is 11.1 Å². The Balaban J connectivity index is 1.66. The predicted molar refractivity (Wildman–Crippen MR) is 119 cm³/mol. The molecule has 1 fully saturated rings. The number of halogens is 3. The fourth-order valence-electron chi connectivity index (χ4n) is 4.79.